The molecule has 2 N–H and O–H groups in total. The number of hydrogen-bond donors (Lipinski definition) is 1. The van der Waals surface area contributed by atoms with Crippen molar-refractivity contribution >= 4 is 15.5 Å². The van der Waals surface area contributed by atoms with Crippen LogP contribution in [-0.2, 0) is 9.84 Å². The third kappa shape index (κ3) is 3.09. The van der Waals surface area contributed by atoms with Crippen LogP contribution in [0.3, 0.4) is 0 Å². The van der Waals surface area contributed by atoms with Gasteiger partial charge >= 0.3 is 0 Å². The fourth-order valence-electron chi connectivity index (χ4n) is 2.45. The predicted molar refractivity (Wildman–Crippen MR) is 78.1 cm³/mol. The van der Waals surface area contributed by atoms with Gasteiger partial charge in [0, 0.05) is 24.8 Å². The summed E-state index contributed by atoms with van der Waals surface area (Å²) in [5.41, 5.74) is 7.06. The Balaban J connectivity index is 2.16. The molecule has 19 heavy (non-hydrogen) atoms. The number of nitrogens with zero attached hydrogens (tertiary/aromatic N) is 1. The highest BCUT2D eigenvalue weighted by Gasteiger charge is 2.26. The molecule has 1 aliphatic rings. The lowest BCUT2D eigenvalue weighted by molar-refractivity contribution is 0.566. The summed E-state index contributed by atoms with van der Waals surface area (Å²) < 4.78 is 23.9. The molecule has 1 heterocycles. The van der Waals surface area contributed by atoms with Crippen molar-refractivity contribution in [1.29, 1.82) is 0 Å². The standard InChI is InChI=1S/C14H22N2O2S/c1-3-8-19(17,18)13-6-4-12(5-7-13)16-9-11(2)14(15)10-16/h4-7,11,14H,3,8-10,15H2,1-2H3. The van der Waals surface area contributed by atoms with Gasteiger partial charge in [0.1, 0.15) is 0 Å². The number of nitrogens with two attached hydrogens (primary N) is 1. The first-order valence-corrected chi connectivity index (χ1v) is 8.42. The highest BCUT2D eigenvalue weighted by atomic mass is 32.2. The first-order chi connectivity index (χ1) is 8.94. The maximum Gasteiger partial charge on any atom is 0.178 e. The summed E-state index contributed by atoms with van der Waals surface area (Å²) in [7, 11) is -3.12. The lowest BCUT2D eigenvalue weighted by Gasteiger charge is -2.18. The Kier molecular flexibility index (Phi) is 4.16. The number of anilines is 1. The van der Waals surface area contributed by atoms with Crippen LogP contribution in [0.1, 0.15) is 20.3 Å². The van der Waals surface area contributed by atoms with Gasteiger partial charge in [-0.25, -0.2) is 8.42 Å². The van der Waals surface area contributed by atoms with Gasteiger partial charge in [-0.15, -0.1) is 0 Å². The number of sulfone groups is 1. The molecule has 2 unspecified atom stereocenters. The van der Waals surface area contributed by atoms with Gasteiger partial charge in [0.2, 0.25) is 0 Å². The summed E-state index contributed by atoms with van der Waals surface area (Å²) in [6.45, 7) is 5.79. The third-order valence-electron chi connectivity index (χ3n) is 3.70. The zero-order chi connectivity index (χ0) is 14.0. The number of rotatable bonds is 4. The van der Waals surface area contributed by atoms with Crippen molar-refractivity contribution in [3.63, 3.8) is 0 Å². The minimum Gasteiger partial charge on any atom is -0.370 e. The average Bonchev–Trinajstić information content (AvgIpc) is 2.70. The van der Waals surface area contributed by atoms with Gasteiger partial charge in [-0.2, -0.15) is 0 Å². The highest BCUT2D eigenvalue weighted by molar-refractivity contribution is 7.91. The summed E-state index contributed by atoms with van der Waals surface area (Å²) in [5.74, 6) is 0.682. The molecule has 0 radical (unpaired) electrons. The molecule has 1 aromatic carbocycles. The molecular formula is C14H22N2O2S. The van der Waals surface area contributed by atoms with Crippen LogP contribution >= 0.6 is 0 Å². The van der Waals surface area contributed by atoms with Crippen LogP contribution < -0.4 is 10.6 Å². The van der Waals surface area contributed by atoms with Crippen LogP contribution in [0.4, 0.5) is 5.69 Å². The summed E-state index contributed by atoms with van der Waals surface area (Å²) in [6.07, 6.45) is 0.641. The van der Waals surface area contributed by atoms with E-state index in [4.69, 9.17) is 5.73 Å². The van der Waals surface area contributed by atoms with Gasteiger partial charge in [-0.1, -0.05) is 13.8 Å². The Morgan fingerprint density at radius 1 is 1.26 bits per heavy atom. The topological polar surface area (TPSA) is 63.4 Å². The second kappa shape index (κ2) is 5.51. The molecule has 0 aromatic heterocycles. The molecule has 1 aliphatic heterocycles. The van der Waals surface area contributed by atoms with E-state index in [0.717, 1.165) is 18.8 Å². The Morgan fingerprint density at radius 2 is 1.89 bits per heavy atom. The molecule has 2 rings (SSSR count). The lowest BCUT2D eigenvalue weighted by atomic mass is 10.1. The van der Waals surface area contributed by atoms with Crippen molar-refractivity contribution in [1.82, 2.24) is 0 Å². The first kappa shape index (κ1) is 14.3. The smallest absolute Gasteiger partial charge is 0.178 e. The van der Waals surface area contributed by atoms with E-state index in [2.05, 4.69) is 11.8 Å². The van der Waals surface area contributed by atoms with Gasteiger partial charge in [-0.3, -0.25) is 0 Å². The molecule has 1 saturated heterocycles. The summed E-state index contributed by atoms with van der Waals surface area (Å²) in [5, 5.41) is 0. The molecule has 0 spiro atoms. The lowest BCUT2D eigenvalue weighted by Crippen LogP contribution is -2.28. The third-order valence-corrected chi connectivity index (χ3v) is 5.64. The largest absolute Gasteiger partial charge is 0.370 e. The van der Waals surface area contributed by atoms with E-state index in [1.165, 1.54) is 0 Å². The van der Waals surface area contributed by atoms with E-state index in [-0.39, 0.29) is 11.8 Å². The van der Waals surface area contributed by atoms with Crippen LogP contribution in [0.5, 0.6) is 0 Å². The molecule has 4 nitrogen and oxygen atoms in total. The second-order valence-electron chi connectivity index (χ2n) is 5.36. The van der Waals surface area contributed by atoms with E-state index in [1.807, 2.05) is 19.1 Å². The van der Waals surface area contributed by atoms with Crippen LogP contribution in [0.15, 0.2) is 29.2 Å². The van der Waals surface area contributed by atoms with Gasteiger partial charge in [0.05, 0.1) is 10.6 Å². The van der Waals surface area contributed by atoms with Crippen molar-refractivity contribution in [2.45, 2.75) is 31.2 Å². The summed E-state index contributed by atoms with van der Waals surface area (Å²) in [4.78, 5) is 2.63. The molecular weight excluding hydrogens is 260 g/mol. The predicted octanol–water partition coefficient (Wildman–Crippen LogP) is 1.65. The van der Waals surface area contributed by atoms with Crippen molar-refractivity contribution in [2.24, 2.45) is 11.7 Å². The van der Waals surface area contributed by atoms with E-state index in [9.17, 15) is 8.42 Å². The fraction of sp³-hybridized carbons (Fsp3) is 0.571. The molecule has 106 valence electrons. The summed E-state index contributed by atoms with van der Waals surface area (Å²) >= 11 is 0. The quantitative estimate of drug-likeness (QED) is 0.912. The van der Waals surface area contributed by atoms with Gasteiger partial charge < -0.3 is 10.6 Å². The molecule has 2 atom stereocenters. The van der Waals surface area contributed by atoms with Crippen molar-refractivity contribution < 1.29 is 8.42 Å². The molecule has 5 heteroatoms. The Labute approximate surface area is 115 Å². The van der Waals surface area contributed by atoms with Crippen molar-refractivity contribution in [3.05, 3.63) is 24.3 Å². The van der Waals surface area contributed by atoms with Crippen LogP contribution in [0, 0.1) is 5.92 Å². The summed E-state index contributed by atoms with van der Waals surface area (Å²) in [6, 6.07) is 7.37. The van der Waals surface area contributed by atoms with Crippen molar-refractivity contribution in [2.75, 3.05) is 23.7 Å². The first-order valence-electron chi connectivity index (χ1n) is 6.77. The van der Waals surface area contributed by atoms with E-state index < -0.39 is 9.84 Å². The van der Waals surface area contributed by atoms with Crippen LogP contribution in [-0.4, -0.2) is 33.3 Å². The number of benzene rings is 1. The minimum atomic E-state index is -3.12. The Hall–Kier alpha value is -1.07. The van der Waals surface area contributed by atoms with Gasteiger partial charge in [0.25, 0.3) is 0 Å². The Morgan fingerprint density at radius 3 is 2.37 bits per heavy atom. The monoisotopic (exact) mass is 282 g/mol. The molecule has 1 fully saturated rings. The van der Waals surface area contributed by atoms with Gasteiger partial charge in [0.15, 0.2) is 9.84 Å². The zero-order valence-corrected chi connectivity index (χ0v) is 12.4. The molecule has 0 aliphatic carbocycles. The van der Waals surface area contributed by atoms with Crippen molar-refractivity contribution in [3.8, 4) is 0 Å². The molecule has 0 amide bonds. The average molecular weight is 282 g/mol. The highest BCUT2D eigenvalue weighted by Crippen LogP contribution is 2.24. The van der Waals surface area contributed by atoms with E-state index in [0.29, 0.717) is 17.2 Å². The normalized spacial score (nSPS) is 23.8. The van der Waals surface area contributed by atoms with E-state index >= 15 is 0 Å². The second-order valence-corrected chi connectivity index (χ2v) is 7.47. The maximum absolute atomic E-state index is 11.9. The molecule has 0 bridgehead atoms. The maximum atomic E-state index is 11.9. The van der Waals surface area contributed by atoms with Gasteiger partial charge in [-0.05, 0) is 36.6 Å². The Bertz CT molecular complexity index is 515. The minimum absolute atomic E-state index is 0.198. The molecule has 0 saturated carbocycles. The van der Waals surface area contributed by atoms with Crippen LogP contribution in [0.25, 0.3) is 0 Å². The SMILES string of the molecule is CCCS(=O)(=O)c1ccc(N2CC(C)C(N)C2)cc1. The number of hydrogen-bond acceptors (Lipinski definition) is 4. The fourth-order valence-corrected chi connectivity index (χ4v) is 3.78. The zero-order valence-electron chi connectivity index (χ0n) is 11.5. The van der Waals surface area contributed by atoms with E-state index in [1.54, 1.807) is 12.1 Å². The van der Waals surface area contributed by atoms with Crippen LogP contribution in [0.2, 0.25) is 0 Å². The molecule has 1 aromatic rings.